The van der Waals surface area contributed by atoms with Gasteiger partial charge in [-0.15, -0.1) is 0 Å². The number of hydrogen-bond acceptors (Lipinski definition) is 2. The Bertz CT molecular complexity index is 310. The first-order valence-electron chi connectivity index (χ1n) is 4.89. The molecule has 4 heteroatoms. The summed E-state index contributed by atoms with van der Waals surface area (Å²) in [4.78, 5) is 0. The summed E-state index contributed by atoms with van der Waals surface area (Å²) >= 11 is 0. The van der Waals surface area contributed by atoms with E-state index < -0.39 is 23.8 Å². The minimum atomic E-state index is -0.786. The van der Waals surface area contributed by atoms with Gasteiger partial charge >= 0.3 is 0 Å². The summed E-state index contributed by atoms with van der Waals surface area (Å²) in [5, 5.41) is 0. The lowest BCUT2D eigenvalue weighted by Crippen LogP contribution is -2.28. The smallest absolute Gasteiger partial charge is 0.131 e. The molecule has 2 nitrogen and oxygen atoms in total. The molecule has 0 aromatic heterocycles. The Morgan fingerprint density at radius 3 is 2.33 bits per heavy atom. The second-order valence-corrected chi connectivity index (χ2v) is 3.32. The van der Waals surface area contributed by atoms with Gasteiger partial charge in [0.05, 0.1) is 12.1 Å². The predicted molar refractivity (Wildman–Crippen MR) is 54.4 cm³/mol. The van der Waals surface area contributed by atoms with E-state index in [4.69, 9.17) is 10.5 Å². The van der Waals surface area contributed by atoms with Crippen molar-refractivity contribution in [2.45, 2.75) is 26.0 Å². The van der Waals surface area contributed by atoms with Gasteiger partial charge in [-0.25, -0.2) is 8.78 Å². The molecular formula is C11H15F2NO. The third kappa shape index (κ3) is 2.73. The molecule has 0 aliphatic rings. The van der Waals surface area contributed by atoms with Crippen molar-refractivity contribution in [2.24, 2.45) is 5.73 Å². The Morgan fingerprint density at radius 1 is 1.33 bits per heavy atom. The second kappa shape index (κ2) is 5.19. The van der Waals surface area contributed by atoms with E-state index in [0.29, 0.717) is 6.61 Å². The fourth-order valence-electron chi connectivity index (χ4n) is 1.43. The van der Waals surface area contributed by atoms with E-state index in [0.717, 1.165) is 0 Å². The number of benzene rings is 1. The molecule has 1 aromatic carbocycles. The Morgan fingerprint density at radius 2 is 1.87 bits per heavy atom. The van der Waals surface area contributed by atoms with Crippen LogP contribution in [0.5, 0.6) is 0 Å². The molecule has 0 saturated carbocycles. The normalized spacial score (nSPS) is 15.0. The van der Waals surface area contributed by atoms with Crippen molar-refractivity contribution in [3.63, 3.8) is 0 Å². The largest absolute Gasteiger partial charge is 0.377 e. The monoisotopic (exact) mass is 215 g/mol. The second-order valence-electron chi connectivity index (χ2n) is 3.32. The van der Waals surface area contributed by atoms with E-state index in [1.54, 1.807) is 13.8 Å². The zero-order chi connectivity index (χ0) is 11.4. The van der Waals surface area contributed by atoms with Crippen LogP contribution in [0.2, 0.25) is 0 Å². The predicted octanol–water partition coefficient (Wildman–Crippen LogP) is 2.39. The highest BCUT2D eigenvalue weighted by atomic mass is 19.1. The SMILES string of the molecule is CCOC(C)C(N)c1c(F)cccc1F. The summed E-state index contributed by atoms with van der Waals surface area (Å²) in [7, 11) is 0. The molecule has 0 amide bonds. The summed E-state index contributed by atoms with van der Waals surface area (Å²) in [5.41, 5.74) is 5.61. The van der Waals surface area contributed by atoms with Crippen LogP contribution in [0.3, 0.4) is 0 Å². The average Bonchev–Trinajstić information content (AvgIpc) is 2.17. The molecule has 0 aliphatic heterocycles. The van der Waals surface area contributed by atoms with Gasteiger partial charge in [0.1, 0.15) is 11.6 Å². The van der Waals surface area contributed by atoms with E-state index in [-0.39, 0.29) is 5.56 Å². The average molecular weight is 215 g/mol. The van der Waals surface area contributed by atoms with Crippen LogP contribution in [0, 0.1) is 11.6 Å². The lowest BCUT2D eigenvalue weighted by atomic mass is 10.0. The molecule has 0 heterocycles. The van der Waals surface area contributed by atoms with Crippen LogP contribution in [0.15, 0.2) is 18.2 Å². The molecule has 1 rings (SSSR count). The van der Waals surface area contributed by atoms with Gasteiger partial charge in [0.25, 0.3) is 0 Å². The maximum atomic E-state index is 13.3. The van der Waals surface area contributed by atoms with Crippen molar-refractivity contribution < 1.29 is 13.5 Å². The topological polar surface area (TPSA) is 35.2 Å². The molecule has 0 radical (unpaired) electrons. The van der Waals surface area contributed by atoms with E-state index in [1.165, 1.54) is 18.2 Å². The number of rotatable bonds is 4. The summed E-state index contributed by atoms with van der Waals surface area (Å²) < 4.78 is 31.9. The summed E-state index contributed by atoms with van der Waals surface area (Å²) in [6, 6.07) is 2.91. The number of nitrogens with two attached hydrogens (primary N) is 1. The Kier molecular flexibility index (Phi) is 4.17. The summed E-state index contributed by atoms with van der Waals surface area (Å²) in [6.07, 6.45) is -0.415. The van der Waals surface area contributed by atoms with Crippen molar-refractivity contribution in [1.29, 1.82) is 0 Å². The first-order chi connectivity index (χ1) is 7.07. The number of hydrogen-bond donors (Lipinski definition) is 1. The molecule has 0 bridgehead atoms. The summed E-state index contributed by atoms with van der Waals surface area (Å²) in [6.45, 7) is 3.96. The molecular weight excluding hydrogens is 200 g/mol. The number of ether oxygens (including phenoxy) is 1. The first-order valence-corrected chi connectivity index (χ1v) is 4.89. The molecule has 84 valence electrons. The van der Waals surface area contributed by atoms with Crippen LogP contribution in [0.1, 0.15) is 25.5 Å². The highest BCUT2D eigenvalue weighted by molar-refractivity contribution is 5.23. The highest BCUT2D eigenvalue weighted by Gasteiger charge is 2.21. The van der Waals surface area contributed by atoms with Gasteiger partial charge in [-0.2, -0.15) is 0 Å². The van der Waals surface area contributed by atoms with Gasteiger partial charge in [-0.3, -0.25) is 0 Å². The van der Waals surface area contributed by atoms with E-state index in [9.17, 15) is 8.78 Å². The van der Waals surface area contributed by atoms with Gasteiger partial charge in [-0.1, -0.05) is 6.07 Å². The fourth-order valence-corrected chi connectivity index (χ4v) is 1.43. The lowest BCUT2D eigenvalue weighted by Gasteiger charge is -2.20. The Hall–Kier alpha value is -1.00. The molecule has 2 N–H and O–H groups in total. The van der Waals surface area contributed by atoms with Gasteiger partial charge in [0.15, 0.2) is 0 Å². The van der Waals surface area contributed by atoms with Crippen molar-refractivity contribution in [2.75, 3.05) is 6.61 Å². The van der Waals surface area contributed by atoms with Gasteiger partial charge in [0.2, 0.25) is 0 Å². The fraction of sp³-hybridized carbons (Fsp3) is 0.455. The minimum Gasteiger partial charge on any atom is -0.377 e. The zero-order valence-corrected chi connectivity index (χ0v) is 8.84. The van der Waals surface area contributed by atoms with Crippen molar-refractivity contribution >= 4 is 0 Å². The van der Waals surface area contributed by atoms with Crippen LogP contribution in [0.4, 0.5) is 8.78 Å². The quantitative estimate of drug-likeness (QED) is 0.837. The van der Waals surface area contributed by atoms with E-state index in [2.05, 4.69) is 0 Å². The molecule has 0 saturated heterocycles. The van der Waals surface area contributed by atoms with E-state index in [1.807, 2.05) is 0 Å². The van der Waals surface area contributed by atoms with E-state index >= 15 is 0 Å². The molecule has 1 aromatic rings. The van der Waals surface area contributed by atoms with Crippen LogP contribution in [0.25, 0.3) is 0 Å². The molecule has 0 fully saturated rings. The Labute approximate surface area is 88.0 Å². The van der Waals surface area contributed by atoms with Crippen molar-refractivity contribution in [1.82, 2.24) is 0 Å². The standard InChI is InChI=1S/C11H15F2NO/c1-3-15-7(2)11(14)10-8(12)5-4-6-9(10)13/h4-7,11H,3,14H2,1-2H3. The van der Waals surface area contributed by atoms with Crippen LogP contribution in [-0.4, -0.2) is 12.7 Å². The van der Waals surface area contributed by atoms with Crippen LogP contribution >= 0.6 is 0 Å². The molecule has 2 unspecified atom stereocenters. The molecule has 2 atom stereocenters. The third-order valence-corrected chi connectivity index (χ3v) is 2.27. The lowest BCUT2D eigenvalue weighted by molar-refractivity contribution is 0.0557. The van der Waals surface area contributed by atoms with Gasteiger partial charge in [-0.05, 0) is 26.0 Å². The van der Waals surface area contributed by atoms with Gasteiger partial charge in [0, 0.05) is 12.2 Å². The molecule has 0 spiro atoms. The van der Waals surface area contributed by atoms with Gasteiger partial charge < -0.3 is 10.5 Å². The zero-order valence-electron chi connectivity index (χ0n) is 8.84. The molecule has 0 aliphatic carbocycles. The maximum absolute atomic E-state index is 13.3. The Balaban J connectivity index is 2.94. The number of halogens is 2. The van der Waals surface area contributed by atoms with Crippen LogP contribution < -0.4 is 5.73 Å². The molecule has 15 heavy (non-hydrogen) atoms. The van der Waals surface area contributed by atoms with Crippen molar-refractivity contribution in [3.05, 3.63) is 35.4 Å². The van der Waals surface area contributed by atoms with Crippen LogP contribution in [-0.2, 0) is 4.74 Å². The maximum Gasteiger partial charge on any atom is 0.131 e. The first kappa shape index (κ1) is 12.1. The highest BCUT2D eigenvalue weighted by Crippen LogP contribution is 2.22. The minimum absolute atomic E-state index is 0.113. The summed E-state index contributed by atoms with van der Waals surface area (Å²) in [5.74, 6) is -1.26. The third-order valence-electron chi connectivity index (χ3n) is 2.27. The van der Waals surface area contributed by atoms with Crippen molar-refractivity contribution in [3.8, 4) is 0 Å².